The molecule has 1 saturated heterocycles. The monoisotopic (exact) mass is 552 g/mol. The average molecular weight is 553 g/mol. The van der Waals surface area contributed by atoms with Crippen LogP contribution in [0.25, 0.3) is 0 Å². The first-order valence-electron chi connectivity index (χ1n) is 14.5. The minimum absolute atomic E-state index is 0.155. The zero-order valence-corrected chi connectivity index (χ0v) is 24.0. The summed E-state index contributed by atoms with van der Waals surface area (Å²) in [7, 11) is -0.564. The standard InChI is InChI=1S/C29H45BN6O4/c1-23(2)20-27(30-39-18-16-36(17-19-40-30)15-9-4-3-8-12-31)35-28(37)25(21-24-10-6-5-7-11-24)34-29(38)26-22-32-13-14-33-26/h5-7,10-11,13-14,22-23,25,27H,3-4,8-9,12,15-21,31H2,1-2H3,(H,34,38)(H,35,37)/t25-,27-/m0/s1. The van der Waals surface area contributed by atoms with Crippen molar-refractivity contribution >= 4 is 18.9 Å². The van der Waals surface area contributed by atoms with Crippen LogP contribution in [0, 0.1) is 5.92 Å². The zero-order valence-electron chi connectivity index (χ0n) is 24.0. The van der Waals surface area contributed by atoms with Crippen LogP contribution in [0.5, 0.6) is 0 Å². The van der Waals surface area contributed by atoms with Gasteiger partial charge < -0.3 is 25.7 Å². The summed E-state index contributed by atoms with van der Waals surface area (Å²) in [6.07, 6.45) is 9.90. The lowest BCUT2D eigenvalue weighted by atomic mass is 9.73. The van der Waals surface area contributed by atoms with E-state index in [2.05, 4.69) is 39.3 Å². The van der Waals surface area contributed by atoms with Gasteiger partial charge in [-0.15, -0.1) is 0 Å². The number of amides is 2. The number of unbranched alkanes of at least 4 members (excludes halogenated alkanes) is 3. The number of benzene rings is 1. The normalized spacial score (nSPS) is 16.1. The second-order valence-corrected chi connectivity index (χ2v) is 10.7. The molecular weight excluding hydrogens is 507 g/mol. The number of nitrogens with one attached hydrogen (secondary N) is 2. The number of hydrogen-bond donors (Lipinski definition) is 3. The molecule has 0 saturated carbocycles. The molecule has 0 spiro atoms. The quantitative estimate of drug-likeness (QED) is 0.227. The van der Waals surface area contributed by atoms with Crippen LogP contribution in [0.1, 0.15) is 62.0 Å². The van der Waals surface area contributed by atoms with Crippen molar-refractivity contribution in [2.45, 2.75) is 64.4 Å². The van der Waals surface area contributed by atoms with Gasteiger partial charge in [0.25, 0.3) is 5.91 Å². The SMILES string of the molecule is CC(C)C[C@H](NC(=O)[C@H](Cc1ccccc1)NC(=O)c1cnccn1)B1OCCN(CCCCCCN)CCO1. The van der Waals surface area contributed by atoms with Crippen LogP contribution in [-0.2, 0) is 20.5 Å². The second-order valence-electron chi connectivity index (χ2n) is 10.7. The number of aromatic nitrogens is 2. The van der Waals surface area contributed by atoms with Crippen LogP contribution in [0.2, 0.25) is 0 Å². The smallest absolute Gasteiger partial charge is 0.408 e. The minimum atomic E-state index is -0.810. The summed E-state index contributed by atoms with van der Waals surface area (Å²) in [4.78, 5) is 37.0. The topological polar surface area (TPSA) is 132 Å². The summed E-state index contributed by atoms with van der Waals surface area (Å²) < 4.78 is 12.3. The van der Waals surface area contributed by atoms with Crippen molar-refractivity contribution in [1.82, 2.24) is 25.5 Å². The van der Waals surface area contributed by atoms with Gasteiger partial charge in [0, 0.05) is 45.1 Å². The number of hydrogen-bond acceptors (Lipinski definition) is 8. The Morgan fingerprint density at radius 1 is 1.02 bits per heavy atom. The maximum atomic E-state index is 13.7. The Hall–Kier alpha value is -2.86. The maximum Gasteiger partial charge on any atom is 0.480 e. The molecule has 1 fully saturated rings. The minimum Gasteiger partial charge on any atom is -0.408 e. The molecule has 40 heavy (non-hydrogen) atoms. The summed E-state index contributed by atoms with van der Waals surface area (Å²) in [5.74, 6) is -0.803. The highest BCUT2D eigenvalue weighted by Crippen LogP contribution is 2.14. The van der Waals surface area contributed by atoms with Crippen LogP contribution in [0.4, 0.5) is 0 Å². The molecule has 3 rings (SSSR count). The largest absolute Gasteiger partial charge is 0.480 e. The Bertz CT molecular complexity index is 991. The third-order valence-electron chi connectivity index (χ3n) is 6.89. The van der Waals surface area contributed by atoms with Crippen molar-refractivity contribution < 1.29 is 18.9 Å². The fraction of sp³-hybridized carbons (Fsp3) is 0.586. The first kappa shape index (κ1) is 31.7. The predicted molar refractivity (Wildman–Crippen MR) is 156 cm³/mol. The first-order valence-corrected chi connectivity index (χ1v) is 14.5. The van der Waals surface area contributed by atoms with E-state index in [9.17, 15) is 9.59 Å². The van der Waals surface area contributed by atoms with Crippen molar-refractivity contribution in [3.63, 3.8) is 0 Å². The third-order valence-corrected chi connectivity index (χ3v) is 6.89. The van der Waals surface area contributed by atoms with E-state index in [0.29, 0.717) is 32.0 Å². The predicted octanol–water partition coefficient (Wildman–Crippen LogP) is 2.24. The molecule has 1 aliphatic rings. The van der Waals surface area contributed by atoms with Crippen LogP contribution in [-0.4, -0.2) is 85.2 Å². The molecule has 10 nitrogen and oxygen atoms in total. The van der Waals surface area contributed by atoms with Gasteiger partial charge in [-0.25, -0.2) is 4.98 Å². The summed E-state index contributed by atoms with van der Waals surface area (Å²) in [5, 5.41) is 6.00. The molecule has 0 bridgehead atoms. The fourth-order valence-electron chi connectivity index (χ4n) is 4.78. The lowest BCUT2D eigenvalue weighted by Crippen LogP contribution is -2.57. The average Bonchev–Trinajstić information content (AvgIpc) is 2.94. The molecule has 0 unspecified atom stereocenters. The number of nitrogens with zero attached hydrogens (tertiary/aromatic N) is 3. The van der Waals surface area contributed by atoms with Gasteiger partial charge in [0.2, 0.25) is 5.91 Å². The number of nitrogens with two attached hydrogens (primary N) is 1. The van der Waals surface area contributed by atoms with Gasteiger partial charge in [0.15, 0.2) is 0 Å². The van der Waals surface area contributed by atoms with E-state index in [-0.39, 0.29) is 17.5 Å². The van der Waals surface area contributed by atoms with E-state index in [1.165, 1.54) is 31.4 Å². The number of carbonyl (C=O) groups is 2. The van der Waals surface area contributed by atoms with Gasteiger partial charge >= 0.3 is 7.12 Å². The molecule has 2 aromatic rings. The summed E-state index contributed by atoms with van der Waals surface area (Å²) in [6, 6.07) is 8.81. The molecule has 2 heterocycles. The second kappa shape index (κ2) is 17.8. The molecular formula is C29H45BN6O4. The van der Waals surface area contributed by atoms with Crippen molar-refractivity contribution in [2.24, 2.45) is 11.7 Å². The van der Waals surface area contributed by atoms with E-state index in [4.69, 9.17) is 15.0 Å². The van der Waals surface area contributed by atoms with Gasteiger partial charge in [-0.3, -0.25) is 19.5 Å². The molecule has 0 radical (unpaired) electrons. The van der Waals surface area contributed by atoms with Crippen LogP contribution >= 0.6 is 0 Å². The molecule has 1 aromatic carbocycles. The molecule has 218 valence electrons. The van der Waals surface area contributed by atoms with Crippen LogP contribution in [0.15, 0.2) is 48.9 Å². The molecule has 2 atom stereocenters. The maximum absolute atomic E-state index is 13.7. The van der Waals surface area contributed by atoms with E-state index >= 15 is 0 Å². The van der Waals surface area contributed by atoms with Gasteiger partial charge in [-0.1, -0.05) is 57.0 Å². The first-order chi connectivity index (χ1) is 19.5. The molecule has 4 N–H and O–H groups in total. The fourth-order valence-corrected chi connectivity index (χ4v) is 4.78. The highest BCUT2D eigenvalue weighted by atomic mass is 16.6. The Morgan fingerprint density at radius 2 is 1.75 bits per heavy atom. The van der Waals surface area contributed by atoms with E-state index in [1.807, 2.05) is 30.3 Å². The van der Waals surface area contributed by atoms with Crippen molar-refractivity contribution in [3.05, 3.63) is 60.2 Å². The molecule has 1 aromatic heterocycles. The number of rotatable bonds is 15. The molecule has 1 aliphatic heterocycles. The van der Waals surface area contributed by atoms with Gasteiger partial charge in [0.05, 0.1) is 12.1 Å². The Morgan fingerprint density at radius 3 is 2.40 bits per heavy atom. The van der Waals surface area contributed by atoms with Gasteiger partial charge in [0.1, 0.15) is 11.7 Å². The van der Waals surface area contributed by atoms with Crippen molar-refractivity contribution in [2.75, 3.05) is 39.4 Å². The molecule has 11 heteroatoms. The van der Waals surface area contributed by atoms with E-state index in [0.717, 1.165) is 44.6 Å². The van der Waals surface area contributed by atoms with E-state index in [1.54, 1.807) is 0 Å². The lowest BCUT2D eigenvalue weighted by molar-refractivity contribution is -0.123. The summed E-state index contributed by atoms with van der Waals surface area (Å²) in [5.41, 5.74) is 6.68. The lowest BCUT2D eigenvalue weighted by Gasteiger charge is -2.32. The highest BCUT2D eigenvalue weighted by Gasteiger charge is 2.35. The third kappa shape index (κ3) is 11.3. The van der Waals surface area contributed by atoms with Crippen LogP contribution in [0.3, 0.4) is 0 Å². The van der Waals surface area contributed by atoms with Crippen molar-refractivity contribution in [3.8, 4) is 0 Å². The van der Waals surface area contributed by atoms with Crippen molar-refractivity contribution in [1.29, 1.82) is 0 Å². The Kier molecular flexibility index (Phi) is 14.1. The Labute approximate surface area is 238 Å². The summed E-state index contributed by atoms with van der Waals surface area (Å²) >= 11 is 0. The van der Waals surface area contributed by atoms with Gasteiger partial charge in [-0.2, -0.15) is 0 Å². The number of carbonyl (C=O) groups excluding carboxylic acids is 2. The highest BCUT2D eigenvalue weighted by molar-refractivity contribution is 6.47. The van der Waals surface area contributed by atoms with Gasteiger partial charge in [-0.05, 0) is 43.8 Å². The van der Waals surface area contributed by atoms with E-state index < -0.39 is 19.1 Å². The zero-order chi connectivity index (χ0) is 28.6. The molecule has 0 aliphatic carbocycles. The summed E-state index contributed by atoms with van der Waals surface area (Å²) in [6.45, 7) is 8.66. The van der Waals surface area contributed by atoms with Crippen LogP contribution < -0.4 is 16.4 Å². The molecule has 2 amide bonds. The Balaban J connectivity index is 1.63.